The Morgan fingerprint density at radius 3 is 2.69 bits per heavy atom. The van der Waals surface area contributed by atoms with Crippen LogP contribution in [0.4, 0.5) is 5.82 Å². The topological polar surface area (TPSA) is 90.1 Å². The van der Waals surface area contributed by atoms with Crippen LogP contribution < -0.4 is 11.1 Å². The molecular weight excluding hydrogens is 420 g/mol. The normalized spacial score (nSPS) is 18.0. The highest BCUT2D eigenvalue weighted by Gasteiger charge is 2.38. The van der Waals surface area contributed by atoms with E-state index in [1.54, 1.807) is 11.3 Å². The fourth-order valence-corrected chi connectivity index (χ4v) is 5.90. The number of primary amides is 1. The number of amides is 1. The van der Waals surface area contributed by atoms with Gasteiger partial charge in [0, 0.05) is 24.6 Å². The van der Waals surface area contributed by atoms with Gasteiger partial charge in [0.05, 0.1) is 10.8 Å². The van der Waals surface area contributed by atoms with Crippen molar-refractivity contribution in [3.63, 3.8) is 0 Å². The van der Waals surface area contributed by atoms with Gasteiger partial charge >= 0.3 is 0 Å². The van der Waals surface area contributed by atoms with Crippen LogP contribution in [0.25, 0.3) is 22.4 Å². The zero-order valence-electron chi connectivity index (χ0n) is 18.1. The highest BCUT2D eigenvalue weighted by Crippen LogP contribution is 2.39. The third kappa shape index (κ3) is 4.14. The minimum absolute atomic E-state index is 0.268. The molecule has 0 saturated carbocycles. The summed E-state index contributed by atoms with van der Waals surface area (Å²) in [5.74, 6) is 1.21. The van der Waals surface area contributed by atoms with Crippen LogP contribution in [0.3, 0.4) is 0 Å². The van der Waals surface area contributed by atoms with E-state index < -0.39 is 5.41 Å². The molecule has 1 amide bonds. The summed E-state index contributed by atoms with van der Waals surface area (Å²) in [7, 11) is 0. The second-order valence-corrected chi connectivity index (χ2v) is 9.76. The van der Waals surface area contributed by atoms with Crippen LogP contribution in [0.15, 0.2) is 30.3 Å². The fraction of sp³-hybridized carbons (Fsp3) is 0.400. The standard InChI is InChI=1S/C25H28N4O2S/c26-24(30)25(12-14-31-15-13-25)16-27-22-21-18-8-4-5-9-19(18)32-23(21)29-20(28-22)11-10-17-6-2-1-3-7-17/h1-3,6-7,10-11H,4-5,8-9,12-16H2,(H2,26,30)(H,27,28,29)/b11-10+. The molecular formula is C25H28N4O2S. The van der Waals surface area contributed by atoms with Gasteiger partial charge in [-0.15, -0.1) is 11.3 Å². The molecule has 3 N–H and O–H groups in total. The maximum atomic E-state index is 12.4. The maximum absolute atomic E-state index is 12.4. The number of benzene rings is 1. The van der Waals surface area contributed by atoms with Crippen LogP contribution >= 0.6 is 11.3 Å². The summed E-state index contributed by atoms with van der Waals surface area (Å²) in [4.78, 5) is 24.5. The molecule has 1 aliphatic carbocycles. The van der Waals surface area contributed by atoms with E-state index in [0.29, 0.717) is 38.4 Å². The third-order valence-corrected chi connectivity index (χ3v) is 7.81. The largest absolute Gasteiger partial charge is 0.381 e. The Bertz CT molecular complexity index is 1150. The van der Waals surface area contributed by atoms with E-state index in [2.05, 4.69) is 17.4 Å². The molecule has 3 aromatic rings. The van der Waals surface area contributed by atoms with Crippen LogP contribution in [0.1, 0.15) is 47.5 Å². The molecule has 0 bridgehead atoms. The van der Waals surface area contributed by atoms with Crippen LogP contribution in [-0.4, -0.2) is 35.6 Å². The fourth-order valence-electron chi connectivity index (χ4n) is 4.64. The molecule has 2 aliphatic rings. The molecule has 0 radical (unpaired) electrons. The Labute approximate surface area is 191 Å². The van der Waals surface area contributed by atoms with E-state index in [1.807, 2.05) is 30.4 Å². The molecule has 1 aromatic carbocycles. The number of carbonyl (C=O) groups is 1. The van der Waals surface area contributed by atoms with Crippen molar-refractivity contribution >= 4 is 45.4 Å². The maximum Gasteiger partial charge on any atom is 0.225 e. The van der Waals surface area contributed by atoms with Gasteiger partial charge in [0.25, 0.3) is 0 Å². The van der Waals surface area contributed by atoms with Crippen LogP contribution in [-0.2, 0) is 22.4 Å². The van der Waals surface area contributed by atoms with Gasteiger partial charge in [-0.3, -0.25) is 4.79 Å². The number of ether oxygens (including phenoxy) is 1. The molecule has 1 saturated heterocycles. The van der Waals surface area contributed by atoms with E-state index in [4.69, 9.17) is 20.4 Å². The number of nitrogens with zero attached hydrogens (tertiary/aromatic N) is 2. The van der Waals surface area contributed by atoms with Crippen molar-refractivity contribution in [1.82, 2.24) is 9.97 Å². The second-order valence-electron chi connectivity index (χ2n) is 8.68. The number of carbonyl (C=O) groups excluding carboxylic acids is 1. The number of nitrogens with two attached hydrogens (primary N) is 1. The first-order valence-electron chi connectivity index (χ1n) is 11.3. The van der Waals surface area contributed by atoms with Gasteiger partial charge in [0.1, 0.15) is 10.6 Å². The van der Waals surface area contributed by atoms with Crippen LogP contribution in [0.2, 0.25) is 0 Å². The highest BCUT2D eigenvalue weighted by atomic mass is 32.1. The first-order chi connectivity index (χ1) is 15.6. The number of aryl methyl sites for hydroxylation is 2. The monoisotopic (exact) mass is 448 g/mol. The highest BCUT2D eigenvalue weighted by molar-refractivity contribution is 7.19. The van der Waals surface area contributed by atoms with Crippen molar-refractivity contribution in [3.05, 3.63) is 52.2 Å². The Morgan fingerprint density at radius 1 is 1.12 bits per heavy atom. The minimum atomic E-state index is -0.606. The van der Waals surface area contributed by atoms with E-state index in [0.717, 1.165) is 34.4 Å². The molecule has 3 heterocycles. The molecule has 2 aromatic heterocycles. The van der Waals surface area contributed by atoms with Gasteiger partial charge < -0.3 is 15.8 Å². The number of rotatable bonds is 6. The van der Waals surface area contributed by atoms with E-state index in [9.17, 15) is 4.79 Å². The molecule has 166 valence electrons. The van der Waals surface area contributed by atoms with Crippen molar-refractivity contribution < 1.29 is 9.53 Å². The number of hydrogen-bond donors (Lipinski definition) is 2. The number of aromatic nitrogens is 2. The Morgan fingerprint density at radius 2 is 1.91 bits per heavy atom. The van der Waals surface area contributed by atoms with Crippen LogP contribution in [0, 0.1) is 5.41 Å². The van der Waals surface area contributed by atoms with Crippen molar-refractivity contribution in [2.24, 2.45) is 11.1 Å². The second kappa shape index (κ2) is 9.00. The van der Waals surface area contributed by atoms with E-state index in [1.165, 1.54) is 23.3 Å². The summed E-state index contributed by atoms with van der Waals surface area (Å²) in [6.07, 6.45) is 9.82. The predicted octanol–water partition coefficient (Wildman–Crippen LogP) is 4.43. The zero-order chi connectivity index (χ0) is 22.0. The predicted molar refractivity (Wildman–Crippen MR) is 130 cm³/mol. The Kier molecular flexibility index (Phi) is 5.93. The van der Waals surface area contributed by atoms with Crippen molar-refractivity contribution in [2.45, 2.75) is 38.5 Å². The molecule has 0 atom stereocenters. The summed E-state index contributed by atoms with van der Waals surface area (Å²) in [6, 6.07) is 10.1. The molecule has 7 heteroatoms. The summed E-state index contributed by atoms with van der Waals surface area (Å²) in [5, 5.41) is 4.64. The number of fused-ring (bicyclic) bond motifs is 3. The van der Waals surface area contributed by atoms with Gasteiger partial charge in [-0.05, 0) is 55.7 Å². The Balaban J connectivity index is 1.52. The smallest absolute Gasteiger partial charge is 0.225 e. The molecule has 1 aliphatic heterocycles. The van der Waals surface area contributed by atoms with Gasteiger partial charge in [-0.2, -0.15) is 0 Å². The van der Waals surface area contributed by atoms with Gasteiger partial charge in [-0.1, -0.05) is 36.4 Å². The van der Waals surface area contributed by atoms with E-state index in [-0.39, 0.29) is 5.91 Å². The first-order valence-corrected chi connectivity index (χ1v) is 12.1. The molecule has 0 unspecified atom stereocenters. The number of thiophene rings is 1. The SMILES string of the molecule is NC(=O)C1(CNc2nc(/C=C/c3ccccc3)nc3sc4c(c23)CCCC4)CCOCC1. The summed E-state index contributed by atoms with van der Waals surface area (Å²) < 4.78 is 5.48. The van der Waals surface area contributed by atoms with E-state index >= 15 is 0 Å². The lowest BCUT2D eigenvalue weighted by atomic mass is 9.79. The van der Waals surface area contributed by atoms with Crippen LogP contribution in [0.5, 0.6) is 0 Å². The lowest BCUT2D eigenvalue weighted by Gasteiger charge is -2.34. The summed E-state index contributed by atoms with van der Waals surface area (Å²) in [6.45, 7) is 1.58. The molecule has 32 heavy (non-hydrogen) atoms. The molecule has 1 fully saturated rings. The quantitative estimate of drug-likeness (QED) is 0.582. The number of hydrogen-bond acceptors (Lipinski definition) is 6. The van der Waals surface area contributed by atoms with Crippen molar-refractivity contribution in [2.75, 3.05) is 25.1 Å². The lowest BCUT2D eigenvalue weighted by molar-refractivity contribution is -0.132. The zero-order valence-corrected chi connectivity index (χ0v) is 18.9. The van der Waals surface area contributed by atoms with Gasteiger partial charge in [-0.25, -0.2) is 9.97 Å². The third-order valence-electron chi connectivity index (χ3n) is 6.62. The number of nitrogens with one attached hydrogen (secondary N) is 1. The first kappa shape index (κ1) is 21.1. The van der Waals surface area contributed by atoms with Crippen molar-refractivity contribution in [1.29, 1.82) is 0 Å². The molecule has 5 rings (SSSR count). The van der Waals surface area contributed by atoms with Gasteiger partial charge in [0.2, 0.25) is 5.91 Å². The average molecular weight is 449 g/mol. The average Bonchev–Trinajstić information content (AvgIpc) is 3.21. The summed E-state index contributed by atoms with van der Waals surface area (Å²) in [5.41, 5.74) is 7.71. The lowest BCUT2D eigenvalue weighted by Crippen LogP contribution is -2.46. The van der Waals surface area contributed by atoms with Crippen molar-refractivity contribution in [3.8, 4) is 0 Å². The number of anilines is 1. The molecule has 6 nitrogen and oxygen atoms in total. The summed E-state index contributed by atoms with van der Waals surface area (Å²) >= 11 is 1.78. The molecule has 0 spiro atoms. The van der Waals surface area contributed by atoms with Gasteiger partial charge in [0.15, 0.2) is 5.82 Å². The minimum Gasteiger partial charge on any atom is -0.381 e. The Hall–Kier alpha value is -2.77.